The van der Waals surface area contributed by atoms with Gasteiger partial charge in [0.05, 0.1) is 21.1 Å². The SMILES string of the molecule is CCCCCCCCCCCCCCCC(c1ccccc1)[N+](C)(C)C. The van der Waals surface area contributed by atoms with Crippen LogP contribution in [0.25, 0.3) is 0 Å². The molecule has 0 heterocycles. The number of rotatable bonds is 16. The number of benzene rings is 1. The predicted molar refractivity (Wildman–Crippen MR) is 118 cm³/mol. The average Bonchev–Trinajstić information content (AvgIpc) is 2.62. The lowest BCUT2D eigenvalue weighted by molar-refractivity contribution is -0.902. The zero-order valence-electron chi connectivity index (χ0n) is 18.3. The molecule has 0 bridgehead atoms. The van der Waals surface area contributed by atoms with Gasteiger partial charge in [-0.15, -0.1) is 0 Å². The number of quaternary nitrogens is 1. The van der Waals surface area contributed by atoms with Crippen molar-refractivity contribution in [2.24, 2.45) is 0 Å². The Morgan fingerprint density at radius 1 is 0.615 bits per heavy atom. The minimum absolute atomic E-state index is 0.629. The summed E-state index contributed by atoms with van der Waals surface area (Å²) >= 11 is 0. The van der Waals surface area contributed by atoms with Crippen LogP contribution in [-0.2, 0) is 0 Å². The van der Waals surface area contributed by atoms with Gasteiger partial charge in [-0.3, -0.25) is 0 Å². The van der Waals surface area contributed by atoms with E-state index in [2.05, 4.69) is 58.4 Å². The van der Waals surface area contributed by atoms with Crippen molar-refractivity contribution in [2.75, 3.05) is 21.1 Å². The van der Waals surface area contributed by atoms with Crippen LogP contribution in [-0.4, -0.2) is 25.6 Å². The third-order valence-electron chi connectivity index (χ3n) is 5.70. The van der Waals surface area contributed by atoms with E-state index in [-0.39, 0.29) is 0 Å². The molecule has 0 radical (unpaired) electrons. The third-order valence-corrected chi connectivity index (χ3v) is 5.70. The van der Waals surface area contributed by atoms with E-state index in [0.29, 0.717) is 6.04 Å². The molecule has 1 nitrogen and oxygen atoms in total. The summed E-state index contributed by atoms with van der Waals surface area (Å²) in [5.74, 6) is 0. The zero-order chi connectivity index (χ0) is 19.1. The first kappa shape index (κ1) is 23.2. The Labute approximate surface area is 164 Å². The summed E-state index contributed by atoms with van der Waals surface area (Å²) in [6.07, 6.45) is 20.0. The lowest BCUT2D eigenvalue weighted by Gasteiger charge is -2.34. The van der Waals surface area contributed by atoms with Gasteiger partial charge in [0.25, 0.3) is 0 Å². The standard InChI is InChI=1S/C25H46N/c1-5-6-7-8-9-10-11-12-13-14-15-16-20-23-25(26(2,3)4)24-21-18-17-19-22-24/h17-19,21-22,25H,5-16,20,23H2,1-4H3/q+1. The number of nitrogens with zero attached hydrogens (tertiary/aromatic N) is 1. The van der Waals surface area contributed by atoms with Gasteiger partial charge in [0.15, 0.2) is 0 Å². The molecule has 0 amide bonds. The number of hydrogen-bond donors (Lipinski definition) is 0. The van der Waals surface area contributed by atoms with Crippen LogP contribution in [0.4, 0.5) is 0 Å². The van der Waals surface area contributed by atoms with Crippen molar-refractivity contribution in [3.8, 4) is 0 Å². The molecule has 0 N–H and O–H groups in total. The van der Waals surface area contributed by atoms with Gasteiger partial charge in [0.1, 0.15) is 6.04 Å². The summed E-state index contributed by atoms with van der Waals surface area (Å²) in [6, 6.07) is 11.7. The first-order chi connectivity index (χ1) is 12.6. The minimum Gasteiger partial charge on any atom is -0.325 e. The summed E-state index contributed by atoms with van der Waals surface area (Å²) < 4.78 is 1.03. The third kappa shape index (κ3) is 11.0. The molecule has 1 rings (SSSR count). The maximum absolute atomic E-state index is 2.33. The van der Waals surface area contributed by atoms with E-state index in [1.165, 1.54) is 95.5 Å². The highest BCUT2D eigenvalue weighted by molar-refractivity contribution is 5.17. The summed E-state index contributed by atoms with van der Waals surface area (Å²) in [6.45, 7) is 2.30. The van der Waals surface area contributed by atoms with Gasteiger partial charge in [-0.05, 0) is 6.42 Å². The van der Waals surface area contributed by atoms with Crippen molar-refractivity contribution in [1.29, 1.82) is 0 Å². The van der Waals surface area contributed by atoms with E-state index in [9.17, 15) is 0 Å². The van der Waals surface area contributed by atoms with Crippen molar-refractivity contribution in [2.45, 2.75) is 103 Å². The highest BCUT2D eigenvalue weighted by atomic mass is 15.3. The van der Waals surface area contributed by atoms with Crippen molar-refractivity contribution in [1.82, 2.24) is 0 Å². The van der Waals surface area contributed by atoms with E-state index in [4.69, 9.17) is 0 Å². The summed E-state index contributed by atoms with van der Waals surface area (Å²) in [5, 5.41) is 0. The number of unbranched alkanes of at least 4 members (excludes halogenated alkanes) is 12. The van der Waals surface area contributed by atoms with E-state index >= 15 is 0 Å². The smallest absolute Gasteiger partial charge is 0.114 e. The highest BCUT2D eigenvalue weighted by Gasteiger charge is 2.24. The van der Waals surface area contributed by atoms with Gasteiger partial charge in [-0.25, -0.2) is 0 Å². The van der Waals surface area contributed by atoms with Crippen LogP contribution < -0.4 is 0 Å². The molecule has 1 heteroatoms. The molecule has 1 atom stereocenters. The fourth-order valence-corrected chi connectivity index (χ4v) is 4.03. The van der Waals surface area contributed by atoms with Gasteiger partial charge >= 0.3 is 0 Å². The van der Waals surface area contributed by atoms with Crippen molar-refractivity contribution >= 4 is 0 Å². The molecule has 0 spiro atoms. The summed E-state index contributed by atoms with van der Waals surface area (Å²) in [4.78, 5) is 0. The fraction of sp³-hybridized carbons (Fsp3) is 0.760. The molecular weight excluding hydrogens is 314 g/mol. The lowest BCUT2D eigenvalue weighted by atomic mass is 9.97. The van der Waals surface area contributed by atoms with E-state index in [1.807, 2.05) is 0 Å². The topological polar surface area (TPSA) is 0 Å². The molecule has 1 aromatic rings. The molecule has 0 aliphatic carbocycles. The Hall–Kier alpha value is -0.820. The van der Waals surface area contributed by atoms with Crippen molar-refractivity contribution in [3.63, 3.8) is 0 Å². The highest BCUT2D eigenvalue weighted by Crippen LogP contribution is 2.29. The van der Waals surface area contributed by atoms with E-state index < -0.39 is 0 Å². The van der Waals surface area contributed by atoms with Gasteiger partial charge < -0.3 is 4.48 Å². The molecule has 0 saturated carbocycles. The second kappa shape index (κ2) is 14.3. The van der Waals surface area contributed by atoms with Crippen LogP contribution in [0.1, 0.15) is 108 Å². The molecule has 0 aliphatic heterocycles. The molecule has 26 heavy (non-hydrogen) atoms. The molecule has 0 aliphatic rings. The van der Waals surface area contributed by atoms with Crippen LogP contribution in [0.3, 0.4) is 0 Å². The van der Waals surface area contributed by atoms with Gasteiger partial charge in [0.2, 0.25) is 0 Å². The minimum atomic E-state index is 0.629. The molecular formula is C25H46N+. The van der Waals surface area contributed by atoms with Crippen LogP contribution in [0.15, 0.2) is 30.3 Å². The molecule has 0 saturated heterocycles. The molecule has 150 valence electrons. The van der Waals surface area contributed by atoms with Crippen molar-refractivity contribution in [3.05, 3.63) is 35.9 Å². The predicted octanol–water partition coefficient (Wildman–Crippen LogP) is 7.92. The average molecular weight is 361 g/mol. The monoisotopic (exact) mass is 360 g/mol. The Bertz CT molecular complexity index is 418. The Morgan fingerprint density at radius 3 is 1.46 bits per heavy atom. The molecule has 1 aromatic carbocycles. The lowest BCUT2D eigenvalue weighted by Crippen LogP contribution is -2.38. The Morgan fingerprint density at radius 2 is 1.04 bits per heavy atom. The first-order valence-corrected chi connectivity index (χ1v) is 11.4. The normalized spacial score (nSPS) is 13.1. The van der Waals surface area contributed by atoms with Crippen LogP contribution in [0.2, 0.25) is 0 Å². The quantitative estimate of drug-likeness (QED) is 0.207. The van der Waals surface area contributed by atoms with Gasteiger partial charge in [0, 0.05) is 12.0 Å². The van der Waals surface area contributed by atoms with Gasteiger partial charge in [-0.2, -0.15) is 0 Å². The first-order valence-electron chi connectivity index (χ1n) is 11.4. The summed E-state index contributed by atoms with van der Waals surface area (Å²) in [7, 11) is 7.00. The van der Waals surface area contributed by atoms with Gasteiger partial charge in [-0.1, -0.05) is 114 Å². The molecule has 0 aromatic heterocycles. The van der Waals surface area contributed by atoms with E-state index in [0.717, 1.165) is 4.48 Å². The van der Waals surface area contributed by atoms with E-state index in [1.54, 1.807) is 0 Å². The largest absolute Gasteiger partial charge is 0.325 e. The fourth-order valence-electron chi connectivity index (χ4n) is 4.03. The second-order valence-electron chi connectivity index (χ2n) is 9.07. The maximum atomic E-state index is 2.33. The second-order valence-corrected chi connectivity index (χ2v) is 9.07. The molecule has 1 unspecified atom stereocenters. The number of hydrogen-bond acceptors (Lipinski definition) is 0. The zero-order valence-corrected chi connectivity index (χ0v) is 18.3. The summed E-state index contributed by atoms with van der Waals surface area (Å²) in [5.41, 5.74) is 1.50. The van der Waals surface area contributed by atoms with Crippen molar-refractivity contribution < 1.29 is 4.48 Å². The molecule has 0 fully saturated rings. The Kier molecular flexibility index (Phi) is 12.7. The Balaban J connectivity index is 2.03. The maximum Gasteiger partial charge on any atom is 0.114 e. The van der Waals surface area contributed by atoms with Crippen LogP contribution >= 0.6 is 0 Å². The van der Waals surface area contributed by atoms with Crippen LogP contribution in [0.5, 0.6) is 0 Å². The van der Waals surface area contributed by atoms with Crippen LogP contribution in [0, 0.1) is 0 Å².